The van der Waals surface area contributed by atoms with E-state index in [-0.39, 0.29) is 12.0 Å². The van der Waals surface area contributed by atoms with E-state index in [4.69, 9.17) is 18.9 Å². The van der Waals surface area contributed by atoms with Crippen LogP contribution < -0.4 is 4.74 Å². The van der Waals surface area contributed by atoms with E-state index in [1.807, 2.05) is 29.2 Å². The standard InChI is InChI=1S/C18H23NO5/c1-13-10-23-18(24-11-13)8-16(17(20)22-3)19(12-18)9-14-4-6-15(21-2)7-5-14/h4-7,16H,1,8-12H2,2-3H3/t16-/m1/s1. The number of hydrogen-bond acceptors (Lipinski definition) is 6. The number of hydrogen-bond donors (Lipinski definition) is 0. The van der Waals surface area contributed by atoms with E-state index in [0.29, 0.717) is 32.7 Å². The average Bonchev–Trinajstić information content (AvgIpc) is 2.96. The second kappa shape index (κ2) is 6.93. The third-order valence-electron chi connectivity index (χ3n) is 4.49. The molecular weight excluding hydrogens is 310 g/mol. The van der Waals surface area contributed by atoms with Gasteiger partial charge < -0.3 is 18.9 Å². The van der Waals surface area contributed by atoms with Gasteiger partial charge >= 0.3 is 5.97 Å². The smallest absolute Gasteiger partial charge is 0.323 e. The molecule has 0 aliphatic carbocycles. The van der Waals surface area contributed by atoms with Crippen LogP contribution in [-0.4, -0.2) is 56.7 Å². The zero-order valence-corrected chi connectivity index (χ0v) is 14.1. The minimum atomic E-state index is -0.757. The molecule has 0 aromatic heterocycles. The van der Waals surface area contributed by atoms with Gasteiger partial charge in [-0.1, -0.05) is 18.7 Å². The van der Waals surface area contributed by atoms with Crippen molar-refractivity contribution < 1.29 is 23.7 Å². The number of carbonyl (C=O) groups excluding carboxylic acids is 1. The lowest BCUT2D eigenvalue weighted by atomic mass is 10.1. The first-order valence-corrected chi connectivity index (χ1v) is 7.94. The number of likely N-dealkylation sites (tertiary alicyclic amines) is 1. The minimum absolute atomic E-state index is 0.267. The van der Waals surface area contributed by atoms with Crippen molar-refractivity contribution in [2.24, 2.45) is 0 Å². The molecule has 0 bridgehead atoms. The van der Waals surface area contributed by atoms with Crippen LogP contribution in [0.25, 0.3) is 0 Å². The van der Waals surface area contributed by atoms with Crippen molar-refractivity contribution in [2.45, 2.75) is 24.8 Å². The van der Waals surface area contributed by atoms with Gasteiger partial charge in [0.1, 0.15) is 11.8 Å². The van der Waals surface area contributed by atoms with Crippen LogP contribution in [0.4, 0.5) is 0 Å². The molecule has 130 valence electrons. The third-order valence-corrected chi connectivity index (χ3v) is 4.49. The molecule has 2 aliphatic rings. The highest BCUT2D eigenvalue weighted by Crippen LogP contribution is 2.36. The second-order valence-corrected chi connectivity index (χ2v) is 6.23. The molecule has 2 saturated heterocycles. The maximum absolute atomic E-state index is 12.2. The predicted octanol–water partition coefficient (Wildman–Crippen LogP) is 1.74. The summed E-state index contributed by atoms with van der Waals surface area (Å²) in [5.41, 5.74) is 1.99. The van der Waals surface area contributed by atoms with Gasteiger partial charge in [-0.05, 0) is 23.3 Å². The van der Waals surface area contributed by atoms with Gasteiger partial charge in [0.25, 0.3) is 0 Å². The Labute approximate surface area is 141 Å². The van der Waals surface area contributed by atoms with E-state index in [2.05, 4.69) is 6.58 Å². The van der Waals surface area contributed by atoms with Gasteiger partial charge in [-0.2, -0.15) is 0 Å². The largest absolute Gasteiger partial charge is 0.497 e. The summed E-state index contributed by atoms with van der Waals surface area (Å²) in [4.78, 5) is 14.2. The van der Waals surface area contributed by atoms with Crippen LogP contribution in [-0.2, 0) is 25.5 Å². The fourth-order valence-corrected chi connectivity index (χ4v) is 3.17. The summed E-state index contributed by atoms with van der Waals surface area (Å²) < 4.78 is 21.9. The van der Waals surface area contributed by atoms with Crippen LogP contribution >= 0.6 is 0 Å². The van der Waals surface area contributed by atoms with Crippen LogP contribution in [0.15, 0.2) is 36.4 Å². The highest BCUT2D eigenvalue weighted by molar-refractivity contribution is 5.76. The Balaban J connectivity index is 1.75. The summed E-state index contributed by atoms with van der Waals surface area (Å²) in [6, 6.07) is 7.41. The Kier molecular flexibility index (Phi) is 4.89. The molecule has 0 unspecified atom stereocenters. The van der Waals surface area contributed by atoms with E-state index < -0.39 is 5.79 Å². The van der Waals surface area contributed by atoms with Crippen molar-refractivity contribution in [1.82, 2.24) is 4.90 Å². The lowest BCUT2D eigenvalue weighted by Gasteiger charge is -2.34. The topological polar surface area (TPSA) is 57.2 Å². The van der Waals surface area contributed by atoms with Gasteiger partial charge in [-0.15, -0.1) is 0 Å². The highest BCUT2D eigenvalue weighted by atomic mass is 16.7. The second-order valence-electron chi connectivity index (χ2n) is 6.23. The molecule has 0 N–H and O–H groups in total. The van der Waals surface area contributed by atoms with E-state index in [1.165, 1.54) is 7.11 Å². The van der Waals surface area contributed by atoms with Crippen LogP contribution in [0, 0.1) is 0 Å². The Morgan fingerprint density at radius 2 is 1.96 bits per heavy atom. The van der Waals surface area contributed by atoms with Gasteiger partial charge in [0.2, 0.25) is 0 Å². The van der Waals surface area contributed by atoms with E-state index in [0.717, 1.165) is 16.9 Å². The third kappa shape index (κ3) is 3.45. The van der Waals surface area contributed by atoms with Crippen LogP contribution in [0.3, 0.4) is 0 Å². The molecule has 2 aliphatic heterocycles. The first-order chi connectivity index (χ1) is 11.5. The Morgan fingerprint density at radius 1 is 1.29 bits per heavy atom. The molecule has 2 heterocycles. The number of rotatable bonds is 4. The molecule has 0 amide bonds. The first kappa shape index (κ1) is 17.0. The van der Waals surface area contributed by atoms with Crippen LogP contribution in [0.5, 0.6) is 5.75 Å². The number of nitrogens with zero attached hydrogens (tertiary/aromatic N) is 1. The number of methoxy groups -OCH3 is 2. The summed E-state index contributed by atoms with van der Waals surface area (Å²) in [5, 5.41) is 0. The van der Waals surface area contributed by atoms with Crippen LogP contribution in [0.2, 0.25) is 0 Å². The lowest BCUT2D eigenvalue weighted by molar-refractivity contribution is -0.240. The molecule has 6 nitrogen and oxygen atoms in total. The molecule has 1 aromatic carbocycles. The molecule has 0 saturated carbocycles. The lowest BCUT2D eigenvalue weighted by Crippen LogP contribution is -2.43. The molecule has 1 atom stereocenters. The quantitative estimate of drug-likeness (QED) is 0.618. The normalized spacial score (nSPS) is 23.4. The van der Waals surface area contributed by atoms with Crippen molar-refractivity contribution in [3.8, 4) is 5.75 Å². The van der Waals surface area contributed by atoms with Crippen molar-refractivity contribution >= 4 is 5.97 Å². The van der Waals surface area contributed by atoms with E-state index in [9.17, 15) is 4.79 Å². The monoisotopic (exact) mass is 333 g/mol. The first-order valence-electron chi connectivity index (χ1n) is 7.94. The van der Waals surface area contributed by atoms with Gasteiger partial charge in [0.05, 0.1) is 34.0 Å². The average molecular weight is 333 g/mol. The summed E-state index contributed by atoms with van der Waals surface area (Å²) in [6.07, 6.45) is 0.461. The number of esters is 1. The minimum Gasteiger partial charge on any atom is -0.497 e. The summed E-state index contributed by atoms with van der Waals surface area (Å²) in [6.45, 7) is 5.93. The zero-order chi connectivity index (χ0) is 17.2. The molecule has 1 aromatic rings. The summed E-state index contributed by atoms with van der Waals surface area (Å²) in [5.74, 6) is -0.220. The molecule has 6 heteroatoms. The van der Waals surface area contributed by atoms with Crippen molar-refractivity contribution in [1.29, 1.82) is 0 Å². The summed E-state index contributed by atoms with van der Waals surface area (Å²) in [7, 11) is 3.04. The molecule has 24 heavy (non-hydrogen) atoms. The van der Waals surface area contributed by atoms with Gasteiger partial charge in [0.15, 0.2) is 5.79 Å². The van der Waals surface area contributed by atoms with Gasteiger partial charge in [-0.25, -0.2) is 0 Å². The predicted molar refractivity (Wildman–Crippen MR) is 87.6 cm³/mol. The Bertz CT molecular complexity index is 602. The maximum atomic E-state index is 12.2. The SMILES string of the molecule is C=C1COC2(C[C@H](C(=O)OC)N(Cc3ccc(OC)cc3)C2)OC1. The Hall–Kier alpha value is -1.89. The molecule has 1 spiro atoms. The zero-order valence-electron chi connectivity index (χ0n) is 14.1. The van der Waals surface area contributed by atoms with Crippen molar-refractivity contribution in [3.05, 3.63) is 42.0 Å². The van der Waals surface area contributed by atoms with Crippen molar-refractivity contribution in [3.63, 3.8) is 0 Å². The summed E-state index contributed by atoms with van der Waals surface area (Å²) >= 11 is 0. The number of ether oxygens (including phenoxy) is 4. The Morgan fingerprint density at radius 3 is 2.54 bits per heavy atom. The molecule has 2 fully saturated rings. The van der Waals surface area contributed by atoms with Crippen LogP contribution in [0.1, 0.15) is 12.0 Å². The fourth-order valence-electron chi connectivity index (χ4n) is 3.17. The fraction of sp³-hybridized carbons (Fsp3) is 0.500. The molecule has 0 radical (unpaired) electrons. The molecular formula is C18H23NO5. The highest BCUT2D eigenvalue weighted by Gasteiger charge is 2.50. The van der Waals surface area contributed by atoms with Gasteiger partial charge in [0, 0.05) is 13.0 Å². The van der Waals surface area contributed by atoms with E-state index in [1.54, 1.807) is 7.11 Å². The molecule has 3 rings (SSSR count). The number of benzene rings is 1. The number of carbonyl (C=O) groups is 1. The maximum Gasteiger partial charge on any atom is 0.323 e. The van der Waals surface area contributed by atoms with Gasteiger partial charge in [-0.3, -0.25) is 9.69 Å². The van der Waals surface area contributed by atoms with E-state index >= 15 is 0 Å². The van der Waals surface area contributed by atoms with Crippen molar-refractivity contribution in [2.75, 3.05) is 34.0 Å².